The van der Waals surface area contributed by atoms with Crippen LogP contribution in [0.2, 0.25) is 0 Å². The maximum Gasteiger partial charge on any atom is 0.348 e. The van der Waals surface area contributed by atoms with E-state index >= 15 is 0 Å². The third kappa shape index (κ3) is 5.97. The standard InChI is InChI=1S/C19H27NO5S2/c1-4-25-19(23)16-12(2)15(18(22)24-3)17(27-16)20-14(21)10-11-26-13-8-6-5-7-9-13/h13H,4-11H2,1-3H3,(H,20,21). The van der Waals surface area contributed by atoms with Crippen molar-refractivity contribution in [1.82, 2.24) is 0 Å². The lowest BCUT2D eigenvalue weighted by atomic mass is 10.0. The summed E-state index contributed by atoms with van der Waals surface area (Å²) >= 11 is 2.90. The second kappa shape index (κ2) is 10.7. The molecular weight excluding hydrogens is 386 g/mol. The first-order valence-corrected chi connectivity index (χ1v) is 11.1. The molecule has 0 spiro atoms. The third-order valence-corrected chi connectivity index (χ3v) is 7.05. The number of methoxy groups -OCH3 is 1. The van der Waals surface area contributed by atoms with E-state index in [0.717, 1.165) is 17.1 Å². The van der Waals surface area contributed by atoms with E-state index in [1.807, 2.05) is 11.8 Å². The van der Waals surface area contributed by atoms with E-state index in [9.17, 15) is 14.4 Å². The van der Waals surface area contributed by atoms with Gasteiger partial charge in [0.15, 0.2) is 0 Å². The minimum atomic E-state index is -0.578. The van der Waals surface area contributed by atoms with Crippen molar-refractivity contribution < 1.29 is 23.9 Å². The van der Waals surface area contributed by atoms with Crippen molar-refractivity contribution in [2.75, 3.05) is 24.8 Å². The zero-order chi connectivity index (χ0) is 19.8. The normalized spacial score (nSPS) is 14.6. The van der Waals surface area contributed by atoms with Crippen molar-refractivity contribution in [2.45, 2.75) is 57.6 Å². The molecule has 1 aromatic heterocycles. The van der Waals surface area contributed by atoms with Crippen LogP contribution < -0.4 is 5.32 Å². The Morgan fingerprint density at radius 1 is 1.19 bits per heavy atom. The van der Waals surface area contributed by atoms with Gasteiger partial charge in [-0.15, -0.1) is 11.3 Å². The van der Waals surface area contributed by atoms with Crippen molar-refractivity contribution in [3.05, 3.63) is 16.0 Å². The van der Waals surface area contributed by atoms with E-state index in [2.05, 4.69) is 5.32 Å². The Balaban J connectivity index is 2.02. The van der Waals surface area contributed by atoms with Gasteiger partial charge in [0.2, 0.25) is 5.91 Å². The summed E-state index contributed by atoms with van der Waals surface area (Å²) in [5.41, 5.74) is 0.691. The molecule has 1 aliphatic rings. The quantitative estimate of drug-likeness (QED) is 0.636. The van der Waals surface area contributed by atoms with Crippen molar-refractivity contribution in [3.8, 4) is 0 Å². The van der Waals surface area contributed by atoms with Gasteiger partial charge in [-0.3, -0.25) is 4.79 Å². The summed E-state index contributed by atoms with van der Waals surface area (Å²) < 4.78 is 9.84. The van der Waals surface area contributed by atoms with Crippen LogP contribution in [0.15, 0.2) is 0 Å². The Morgan fingerprint density at radius 2 is 1.89 bits per heavy atom. The van der Waals surface area contributed by atoms with Crippen LogP contribution in [0.3, 0.4) is 0 Å². The highest BCUT2D eigenvalue weighted by molar-refractivity contribution is 7.99. The number of carbonyl (C=O) groups is 3. The number of anilines is 1. The van der Waals surface area contributed by atoms with Crippen molar-refractivity contribution in [3.63, 3.8) is 0 Å². The Bertz CT molecular complexity index is 680. The van der Waals surface area contributed by atoms with Gasteiger partial charge in [-0.2, -0.15) is 11.8 Å². The van der Waals surface area contributed by atoms with Crippen molar-refractivity contribution in [2.24, 2.45) is 0 Å². The number of nitrogens with one attached hydrogen (secondary N) is 1. The first-order valence-electron chi connectivity index (χ1n) is 9.28. The van der Waals surface area contributed by atoms with Gasteiger partial charge in [0.05, 0.1) is 19.3 Å². The number of thioether (sulfide) groups is 1. The first-order chi connectivity index (χ1) is 13.0. The lowest BCUT2D eigenvalue weighted by Gasteiger charge is -2.20. The second-order valence-corrected chi connectivity index (χ2v) is 8.83. The van der Waals surface area contributed by atoms with Gasteiger partial charge in [0, 0.05) is 17.4 Å². The van der Waals surface area contributed by atoms with Crippen LogP contribution in [-0.4, -0.2) is 42.6 Å². The number of esters is 2. The Morgan fingerprint density at radius 3 is 2.52 bits per heavy atom. The zero-order valence-electron chi connectivity index (χ0n) is 16.1. The molecule has 0 aliphatic heterocycles. The lowest BCUT2D eigenvalue weighted by molar-refractivity contribution is -0.115. The molecule has 1 amide bonds. The smallest absolute Gasteiger partial charge is 0.348 e. The Kier molecular flexibility index (Phi) is 8.63. The van der Waals surface area contributed by atoms with Crippen molar-refractivity contribution in [1.29, 1.82) is 0 Å². The number of hydrogen-bond acceptors (Lipinski definition) is 7. The molecule has 0 unspecified atom stereocenters. The van der Waals surface area contributed by atoms with Gasteiger partial charge < -0.3 is 14.8 Å². The van der Waals surface area contributed by atoms with E-state index in [1.54, 1.807) is 13.8 Å². The average molecular weight is 414 g/mol. The average Bonchev–Trinajstić information content (AvgIpc) is 2.98. The minimum absolute atomic E-state index is 0.167. The SMILES string of the molecule is CCOC(=O)c1sc(NC(=O)CCSC2CCCCC2)c(C(=O)OC)c1C. The molecule has 6 nitrogen and oxygen atoms in total. The zero-order valence-corrected chi connectivity index (χ0v) is 17.7. The molecule has 1 aromatic rings. The predicted molar refractivity (Wildman–Crippen MR) is 109 cm³/mol. The number of rotatable bonds is 8. The van der Waals surface area contributed by atoms with E-state index in [4.69, 9.17) is 9.47 Å². The molecule has 27 heavy (non-hydrogen) atoms. The van der Waals surface area contributed by atoms with E-state index < -0.39 is 11.9 Å². The first kappa shape index (κ1) is 21.8. The van der Waals surface area contributed by atoms with Gasteiger partial charge in [0.1, 0.15) is 9.88 Å². The van der Waals surface area contributed by atoms with Crippen LogP contribution in [0.25, 0.3) is 0 Å². The maximum atomic E-state index is 12.3. The molecule has 2 rings (SSSR count). The molecule has 1 heterocycles. The van der Waals surface area contributed by atoms with Gasteiger partial charge in [-0.25, -0.2) is 9.59 Å². The third-order valence-electron chi connectivity index (χ3n) is 4.48. The van der Waals surface area contributed by atoms with Gasteiger partial charge in [-0.1, -0.05) is 19.3 Å². The summed E-state index contributed by atoms with van der Waals surface area (Å²) in [6.07, 6.45) is 6.69. The summed E-state index contributed by atoms with van der Waals surface area (Å²) in [7, 11) is 1.27. The topological polar surface area (TPSA) is 81.7 Å². The van der Waals surface area contributed by atoms with E-state index in [-0.39, 0.29) is 18.1 Å². The summed E-state index contributed by atoms with van der Waals surface area (Å²) in [5, 5.41) is 3.77. The number of amides is 1. The summed E-state index contributed by atoms with van der Waals surface area (Å²) in [6, 6.07) is 0. The fourth-order valence-corrected chi connectivity index (χ4v) is 5.49. The number of hydrogen-bond donors (Lipinski definition) is 1. The lowest BCUT2D eigenvalue weighted by Crippen LogP contribution is -2.16. The number of ether oxygens (including phenoxy) is 2. The molecule has 0 bridgehead atoms. The van der Waals surface area contributed by atoms with Gasteiger partial charge in [0.25, 0.3) is 0 Å². The number of carbonyl (C=O) groups excluding carboxylic acids is 3. The molecule has 0 saturated heterocycles. The molecule has 1 N–H and O–H groups in total. The van der Waals surface area contributed by atoms with Gasteiger partial charge >= 0.3 is 11.9 Å². The highest BCUT2D eigenvalue weighted by Gasteiger charge is 2.27. The molecule has 1 aliphatic carbocycles. The summed E-state index contributed by atoms with van der Waals surface area (Å²) in [5.74, 6) is -0.496. The minimum Gasteiger partial charge on any atom is -0.465 e. The van der Waals surface area contributed by atoms with Crippen LogP contribution in [0, 0.1) is 6.92 Å². The molecule has 0 atom stereocenters. The van der Waals surface area contributed by atoms with Crippen LogP contribution in [0.5, 0.6) is 0 Å². The van der Waals surface area contributed by atoms with E-state index in [1.165, 1.54) is 39.2 Å². The van der Waals surface area contributed by atoms with Crippen LogP contribution >= 0.6 is 23.1 Å². The number of thiophene rings is 1. The fourth-order valence-electron chi connectivity index (χ4n) is 3.08. The molecule has 1 saturated carbocycles. The fraction of sp³-hybridized carbons (Fsp3) is 0.632. The molecule has 150 valence electrons. The van der Waals surface area contributed by atoms with Gasteiger partial charge in [-0.05, 0) is 32.3 Å². The monoisotopic (exact) mass is 413 g/mol. The predicted octanol–water partition coefficient (Wildman–Crippen LogP) is 4.41. The van der Waals surface area contributed by atoms with Crippen LogP contribution in [-0.2, 0) is 14.3 Å². The Labute approximate surface area is 168 Å². The van der Waals surface area contributed by atoms with Crippen LogP contribution in [0.1, 0.15) is 71.0 Å². The second-order valence-electron chi connectivity index (χ2n) is 6.40. The molecule has 8 heteroatoms. The molecular formula is C19H27NO5S2. The summed E-state index contributed by atoms with van der Waals surface area (Å²) in [6.45, 7) is 3.61. The van der Waals surface area contributed by atoms with Crippen LogP contribution in [0.4, 0.5) is 5.00 Å². The molecule has 0 radical (unpaired) electrons. The van der Waals surface area contributed by atoms with Crippen molar-refractivity contribution >= 4 is 45.9 Å². The largest absolute Gasteiger partial charge is 0.465 e. The Hall–Kier alpha value is -1.54. The summed E-state index contributed by atoms with van der Waals surface area (Å²) in [4.78, 5) is 36.9. The molecule has 1 fully saturated rings. The molecule has 0 aromatic carbocycles. The highest BCUT2D eigenvalue weighted by Crippen LogP contribution is 2.34. The highest BCUT2D eigenvalue weighted by atomic mass is 32.2. The van der Waals surface area contributed by atoms with E-state index in [0.29, 0.717) is 27.1 Å². The maximum absolute atomic E-state index is 12.3.